The first-order valence-corrected chi connectivity index (χ1v) is 17.2. The Labute approximate surface area is 300 Å². The van der Waals surface area contributed by atoms with Crippen LogP contribution in [0, 0.1) is 29.2 Å². The summed E-state index contributed by atoms with van der Waals surface area (Å²) in [5, 5.41) is 28.3. The molecule has 0 aromatic heterocycles. The molecule has 52 heavy (non-hydrogen) atoms. The molecule has 0 radical (unpaired) electrons. The highest BCUT2D eigenvalue weighted by molar-refractivity contribution is 6.27. The molecule has 1 aliphatic carbocycles. The van der Waals surface area contributed by atoms with Gasteiger partial charge >= 0.3 is 0 Å². The number of rotatable bonds is 3. The minimum absolute atomic E-state index is 0.630. The zero-order valence-electron chi connectivity index (χ0n) is 27.8. The molecule has 236 valence electrons. The molecule has 0 amide bonds. The van der Waals surface area contributed by atoms with E-state index < -0.39 is 0 Å². The Morgan fingerprint density at radius 2 is 0.846 bits per heavy atom. The summed E-state index contributed by atoms with van der Waals surface area (Å²) >= 11 is 0. The summed E-state index contributed by atoms with van der Waals surface area (Å²) in [5.41, 5.74) is 13.0. The molecule has 3 nitrogen and oxygen atoms in total. The molecule has 0 fully saturated rings. The van der Waals surface area contributed by atoms with Crippen molar-refractivity contribution < 1.29 is 0 Å². The maximum atomic E-state index is 9.58. The van der Waals surface area contributed by atoms with E-state index in [-0.39, 0.29) is 0 Å². The van der Waals surface area contributed by atoms with Gasteiger partial charge in [0.05, 0.1) is 29.8 Å². The Morgan fingerprint density at radius 1 is 0.365 bits per heavy atom. The van der Waals surface area contributed by atoms with Crippen LogP contribution < -0.4 is 0 Å². The van der Waals surface area contributed by atoms with E-state index in [4.69, 9.17) is 6.57 Å². The van der Waals surface area contributed by atoms with Gasteiger partial charge in [0.1, 0.15) is 0 Å². The molecule has 3 heteroatoms. The molecule has 0 N–H and O–H groups in total. The first-order valence-electron chi connectivity index (χ1n) is 17.2. The van der Waals surface area contributed by atoms with Crippen LogP contribution in [-0.4, -0.2) is 0 Å². The standard InChI is InChI=1S/C49H25N3/c1-52-48-12-5-4-9-36(48)35-21-22-39-44-26-47-45(25-43(44)38-11-6-10-37(35)49(38)39)41(32-19-15-30(28-51)16-20-32)24-42-34-8-3-2-7-33(34)40(23-46(42)47)31-17-13-29(27-50)14-18-31/h2-26H. The number of nitrogens with zero attached hydrogens (tertiary/aromatic N) is 3. The summed E-state index contributed by atoms with van der Waals surface area (Å²) in [6.07, 6.45) is 0. The smallest absolute Gasteiger partial charge is 0.194 e. The predicted molar refractivity (Wildman–Crippen MR) is 213 cm³/mol. The van der Waals surface area contributed by atoms with Gasteiger partial charge in [-0.25, -0.2) is 4.85 Å². The Balaban J connectivity index is 1.32. The van der Waals surface area contributed by atoms with Crippen LogP contribution in [0.5, 0.6) is 0 Å². The molecule has 9 aromatic carbocycles. The van der Waals surface area contributed by atoms with E-state index in [1.807, 2.05) is 60.7 Å². The quantitative estimate of drug-likeness (QED) is 0.140. The fraction of sp³-hybridized carbons (Fsp3) is 0. The van der Waals surface area contributed by atoms with E-state index in [2.05, 4.69) is 108 Å². The van der Waals surface area contributed by atoms with Gasteiger partial charge in [-0.3, -0.25) is 0 Å². The molecular formula is C49H25N3. The van der Waals surface area contributed by atoms with E-state index in [1.54, 1.807) is 0 Å². The topological polar surface area (TPSA) is 51.9 Å². The molecular weight excluding hydrogens is 631 g/mol. The van der Waals surface area contributed by atoms with Crippen molar-refractivity contribution in [1.29, 1.82) is 10.5 Å². The van der Waals surface area contributed by atoms with E-state index in [9.17, 15) is 10.5 Å². The highest BCUT2D eigenvalue weighted by Gasteiger charge is 2.26. The Hall–Kier alpha value is -7.51. The molecule has 0 atom stereocenters. The van der Waals surface area contributed by atoms with Crippen LogP contribution in [0.2, 0.25) is 0 Å². The number of para-hydroxylation sites is 1. The molecule has 10 rings (SSSR count). The van der Waals surface area contributed by atoms with E-state index in [0.717, 1.165) is 71.1 Å². The molecule has 0 bridgehead atoms. The number of fused-ring (bicyclic) bond motifs is 8. The molecule has 9 aromatic rings. The van der Waals surface area contributed by atoms with Crippen LogP contribution in [0.15, 0.2) is 152 Å². The average Bonchev–Trinajstić information content (AvgIpc) is 3.53. The maximum Gasteiger partial charge on any atom is 0.194 e. The number of nitriles is 2. The largest absolute Gasteiger partial charge is 0.238 e. The molecule has 1 aliphatic rings. The highest BCUT2D eigenvalue weighted by atomic mass is 14.6. The van der Waals surface area contributed by atoms with Gasteiger partial charge in [-0.05, 0) is 147 Å². The second-order valence-corrected chi connectivity index (χ2v) is 13.3. The van der Waals surface area contributed by atoms with Crippen molar-refractivity contribution in [3.8, 4) is 67.8 Å². The number of hydrogen-bond donors (Lipinski definition) is 0. The second-order valence-electron chi connectivity index (χ2n) is 13.3. The Bertz CT molecular complexity index is 3130. The minimum Gasteiger partial charge on any atom is -0.238 e. The van der Waals surface area contributed by atoms with Crippen molar-refractivity contribution in [3.05, 3.63) is 174 Å². The van der Waals surface area contributed by atoms with Gasteiger partial charge in [0.25, 0.3) is 0 Å². The Morgan fingerprint density at radius 3 is 1.52 bits per heavy atom. The summed E-state index contributed by atoms with van der Waals surface area (Å²) in [7, 11) is 0. The van der Waals surface area contributed by atoms with Gasteiger partial charge in [-0.15, -0.1) is 0 Å². The monoisotopic (exact) mass is 655 g/mol. The highest BCUT2D eigenvalue weighted by Crippen LogP contribution is 2.53. The average molecular weight is 656 g/mol. The molecule has 0 spiro atoms. The third-order valence-corrected chi connectivity index (χ3v) is 10.7. The van der Waals surface area contributed by atoms with Crippen LogP contribution in [0.25, 0.3) is 104 Å². The molecule has 0 saturated carbocycles. The summed E-state index contributed by atoms with van der Waals surface area (Å²) in [6, 6.07) is 57.0. The molecule has 0 aliphatic heterocycles. The zero-order chi connectivity index (χ0) is 34.9. The number of hydrogen-bond acceptors (Lipinski definition) is 2. The molecule has 0 unspecified atom stereocenters. The summed E-state index contributed by atoms with van der Waals surface area (Å²) in [5.74, 6) is 0. The predicted octanol–water partition coefficient (Wildman–Crippen LogP) is 13.2. The van der Waals surface area contributed by atoms with Crippen molar-refractivity contribution in [1.82, 2.24) is 0 Å². The van der Waals surface area contributed by atoms with Gasteiger partial charge in [0.2, 0.25) is 0 Å². The van der Waals surface area contributed by atoms with Gasteiger partial charge in [0, 0.05) is 0 Å². The van der Waals surface area contributed by atoms with Crippen LogP contribution in [0.1, 0.15) is 11.1 Å². The Kier molecular flexibility index (Phi) is 6.37. The fourth-order valence-corrected chi connectivity index (χ4v) is 8.30. The van der Waals surface area contributed by atoms with Gasteiger partial charge < -0.3 is 0 Å². The third kappa shape index (κ3) is 4.23. The lowest BCUT2D eigenvalue weighted by Gasteiger charge is -2.17. The fourth-order valence-electron chi connectivity index (χ4n) is 8.30. The maximum absolute atomic E-state index is 9.58. The van der Waals surface area contributed by atoms with Gasteiger partial charge in [-0.2, -0.15) is 10.5 Å². The van der Waals surface area contributed by atoms with E-state index in [1.165, 1.54) is 27.6 Å². The number of benzene rings is 9. The van der Waals surface area contributed by atoms with Crippen LogP contribution >= 0.6 is 0 Å². The zero-order valence-corrected chi connectivity index (χ0v) is 27.8. The minimum atomic E-state index is 0.630. The van der Waals surface area contributed by atoms with E-state index >= 15 is 0 Å². The van der Waals surface area contributed by atoms with Crippen LogP contribution in [0.3, 0.4) is 0 Å². The SMILES string of the molecule is [C-]#[N+]c1ccccc1-c1ccc2c3c(cccc13)-c1cc3c(-c4ccc(C#N)cc4)cc4c5ccccc5c(-c5ccc(C#N)cc5)cc4c3cc1-2. The lowest BCUT2D eigenvalue weighted by Crippen LogP contribution is -1.91. The summed E-state index contributed by atoms with van der Waals surface area (Å²) in [4.78, 5) is 3.85. The normalized spacial score (nSPS) is 11.4. The lowest BCUT2D eigenvalue weighted by atomic mass is 9.86. The van der Waals surface area contributed by atoms with Crippen molar-refractivity contribution in [3.63, 3.8) is 0 Å². The van der Waals surface area contributed by atoms with E-state index in [0.29, 0.717) is 16.8 Å². The summed E-state index contributed by atoms with van der Waals surface area (Å²) in [6.45, 7) is 7.84. The van der Waals surface area contributed by atoms with Crippen LogP contribution in [0.4, 0.5) is 5.69 Å². The van der Waals surface area contributed by atoms with Gasteiger partial charge in [-0.1, -0.05) is 103 Å². The van der Waals surface area contributed by atoms with Crippen molar-refractivity contribution in [2.45, 2.75) is 0 Å². The first kappa shape index (κ1) is 29.4. The van der Waals surface area contributed by atoms with Crippen molar-refractivity contribution in [2.24, 2.45) is 0 Å². The van der Waals surface area contributed by atoms with Crippen LogP contribution in [-0.2, 0) is 0 Å². The van der Waals surface area contributed by atoms with Crippen molar-refractivity contribution >= 4 is 48.8 Å². The van der Waals surface area contributed by atoms with Crippen molar-refractivity contribution in [2.75, 3.05) is 0 Å². The first-order chi connectivity index (χ1) is 25.6. The van der Waals surface area contributed by atoms with Gasteiger partial charge in [0.15, 0.2) is 5.69 Å². The second kappa shape index (κ2) is 11.3. The molecule has 0 heterocycles. The molecule has 0 saturated heterocycles. The third-order valence-electron chi connectivity index (χ3n) is 10.7. The lowest BCUT2D eigenvalue weighted by molar-refractivity contribution is 1.48. The summed E-state index contributed by atoms with van der Waals surface area (Å²) < 4.78 is 0.